The summed E-state index contributed by atoms with van der Waals surface area (Å²) in [6.45, 7) is 2.23. The minimum Gasteiger partial charge on any atom is -0.358 e. The van der Waals surface area contributed by atoms with E-state index in [2.05, 4.69) is 9.88 Å². The van der Waals surface area contributed by atoms with Crippen LogP contribution in [0.1, 0.15) is 16.8 Å². The van der Waals surface area contributed by atoms with Gasteiger partial charge in [-0.2, -0.15) is 0 Å². The van der Waals surface area contributed by atoms with Gasteiger partial charge in [-0.3, -0.25) is 9.69 Å². The van der Waals surface area contributed by atoms with Crippen molar-refractivity contribution >= 4 is 34.1 Å². The van der Waals surface area contributed by atoms with E-state index in [1.807, 2.05) is 36.4 Å². The summed E-state index contributed by atoms with van der Waals surface area (Å²) >= 11 is 12.2. The van der Waals surface area contributed by atoms with Crippen LogP contribution < -0.4 is 5.43 Å². The highest BCUT2D eigenvalue weighted by atomic mass is 35.5. The summed E-state index contributed by atoms with van der Waals surface area (Å²) < 4.78 is 0. The number of hydrogen-bond donors (Lipinski definition) is 1. The Morgan fingerprint density at radius 2 is 1.96 bits per heavy atom. The van der Waals surface area contributed by atoms with Gasteiger partial charge in [0, 0.05) is 58.3 Å². The Labute approximate surface area is 149 Å². The lowest BCUT2D eigenvalue weighted by molar-refractivity contribution is 0.243. The Bertz CT molecular complexity index is 981. The molecule has 1 aromatic heterocycles. The largest absolute Gasteiger partial charge is 0.358 e. The van der Waals surface area contributed by atoms with Crippen LogP contribution >= 0.6 is 23.2 Å². The van der Waals surface area contributed by atoms with Crippen molar-refractivity contribution in [1.82, 2.24) is 9.88 Å². The molecule has 1 aliphatic rings. The van der Waals surface area contributed by atoms with Crippen molar-refractivity contribution in [3.05, 3.63) is 79.6 Å². The van der Waals surface area contributed by atoms with Gasteiger partial charge in [0.15, 0.2) is 5.43 Å². The van der Waals surface area contributed by atoms with Crippen molar-refractivity contribution in [2.45, 2.75) is 19.5 Å². The van der Waals surface area contributed by atoms with Gasteiger partial charge in [0.1, 0.15) is 0 Å². The quantitative estimate of drug-likeness (QED) is 0.737. The molecule has 122 valence electrons. The number of aromatic nitrogens is 1. The molecule has 24 heavy (non-hydrogen) atoms. The summed E-state index contributed by atoms with van der Waals surface area (Å²) in [4.78, 5) is 18.5. The summed E-state index contributed by atoms with van der Waals surface area (Å²) in [7, 11) is 0. The third-order valence-electron chi connectivity index (χ3n) is 4.56. The first-order valence-electron chi connectivity index (χ1n) is 7.91. The molecular weight excluding hydrogens is 343 g/mol. The van der Waals surface area contributed by atoms with Gasteiger partial charge in [-0.1, -0.05) is 41.4 Å². The van der Waals surface area contributed by atoms with E-state index in [0.717, 1.165) is 40.7 Å². The highest BCUT2D eigenvalue weighted by Crippen LogP contribution is 2.25. The minimum atomic E-state index is 0.131. The van der Waals surface area contributed by atoms with Crippen LogP contribution in [0.2, 0.25) is 10.0 Å². The van der Waals surface area contributed by atoms with Gasteiger partial charge in [0.25, 0.3) is 0 Å². The van der Waals surface area contributed by atoms with Crippen LogP contribution in [-0.4, -0.2) is 16.4 Å². The molecule has 0 unspecified atom stereocenters. The maximum absolute atomic E-state index is 12.8. The maximum atomic E-state index is 12.8. The van der Waals surface area contributed by atoms with Crippen LogP contribution in [0.3, 0.4) is 0 Å². The van der Waals surface area contributed by atoms with E-state index >= 15 is 0 Å². The molecule has 0 amide bonds. The van der Waals surface area contributed by atoms with Gasteiger partial charge in [-0.25, -0.2) is 0 Å². The van der Waals surface area contributed by atoms with Crippen LogP contribution in [0.5, 0.6) is 0 Å². The molecule has 0 saturated heterocycles. The van der Waals surface area contributed by atoms with Gasteiger partial charge in [0.05, 0.1) is 0 Å². The number of rotatable bonds is 2. The van der Waals surface area contributed by atoms with Crippen molar-refractivity contribution in [2.75, 3.05) is 6.54 Å². The molecule has 2 heterocycles. The SMILES string of the molecule is O=c1c2c([nH]c3ccccc13)CCN(Cc1ccc(Cl)cc1Cl)C2. The number of para-hydroxylation sites is 1. The summed E-state index contributed by atoms with van der Waals surface area (Å²) in [5, 5.41) is 2.05. The van der Waals surface area contributed by atoms with E-state index in [9.17, 15) is 4.79 Å². The summed E-state index contributed by atoms with van der Waals surface area (Å²) in [5.74, 6) is 0. The fraction of sp³-hybridized carbons (Fsp3) is 0.211. The average molecular weight is 359 g/mol. The minimum absolute atomic E-state index is 0.131. The van der Waals surface area contributed by atoms with E-state index < -0.39 is 0 Å². The van der Waals surface area contributed by atoms with E-state index in [0.29, 0.717) is 23.1 Å². The van der Waals surface area contributed by atoms with E-state index in [1.54, 1.807) is 6.07 Å². The third kappa shape index (κ3) is 2.84. The van der Waals surface area contributed by atoms with Gasteiger partial charge >= 0.3 is 0 Å². The number of halogens is 2. The maximum Gasteiger partial charge on any atom is 0.194 e. The van der Waals surface area contributed by atoms with Gasteiger partial charge in [-0.05, 0) is 29.8 Å². The zero-order valence-electron chi connectivity index (χ0n) is 13.0. The molecule has 2 aromatic carbocycles. The first-order chi connectivity index (χ1) is 11.6. The van der Waals surface area contributed by atoms with Crippen LogP contribution in [0.4, 0.5) is 0 Å². The first-order valence-corrected chi connectivity index (χ1v) is 8.66. The molecule has 1 N–H and O–H groups in total. The lowest BCUT2D eigenvalue weighted by Crippen LogP contribution is -2.34. The molecule has 0 spiro atoms. The Morgan fingerprint density at radius 3 is 2.79 bits per heavy atom. The molecule has 3 nitrogen and oxygen atoms in total. The highest BCUT2D eigenvalue weighted by molar-refractivity contribution is 6.35. The number of nitrogens with one attached hydrogen (secondary N) is 1. The molecule has 0 aliphatic carbocycles. The molecule has 0 bridgehead atoms. The Morgan fingerprint density at radius 1 is 1.12 bits per heavy atom. The number of pyridine rings is 1. The highest BCUT2D eigenvalue weighted by Gasteiger charge is 2.21. The molecule has 5 heteroatoms. The molecule has 0 atom stereocenters. The number of fused-ring (bicyclic) bond motifs is 2. The second-order valence-electron chi connectivity index (χ2n) is 6.15. The first kappa shape index (κ1) is 15.7. The number of H-pyrrole nitrogens is 1. The van der Waals surface area contributed by atoms with Crippen LogP contribution in [-0.2, 0) is 19.5 Å². The summed E-state index contributed by atoms with van der Waals surface area (Å²) in [5.41, 5.74) is 3.99. The van der Waals surface area contributed by atoms with E-state index in [-0.39, 0.29) is 5.43 Å². The van der Waals surface area contributed by atoms with E-state index in [4.69, 9.17) is 23.2 Å². The molecule has 3 aromatic rings. The Kier molecular flexibility index (Phi) is 4.09. The summed E-state index contributed by atoms with van der Waals surface area (Å²) in [6.07, 6.45) is 0.834. The van der Waals surface area contributed by atoms with Gasteiger partial charge in [0.2, 0.25) is 0 Å². The average Bonchev–Trinajstić information content (AvgIpc) is 2.58. The second kappa shape index (κ2) is 6.25. The molecular formula is C19H16Cl2N2O. The van der Waals surface area contributed by atoms with Crippen molar-refractivity contribution < 1.29 is 0 Å². The fourth-order valence-corrected chi connectivity index (χ4v) is 3.77. The number of benzene rings is 2. The van der Waals surface area contributed by atoms with Crippen molar-refractivity contribution in [1.29, 1.82) is 0 Å². The zero-order valence-corrected chi connectivity index (χ0v) is 14.5. The second-order valence-corrected chi connectivity index (χ2v) is 7.00. The molecule has 0 fully saturated rings. The Hall–Kier alpha value is -1.81. The van der Waals surface area contributed by atoms with Crippen molar-refractivity contribution in [3.63, 3.8) is 0 Å². The standard InChI is InChI=1S/C19H16Cl2N2O/c20-13-6-5-12(16(21)9-13)10-23-8-7-18-15(11-23)19(24)14-3-1-2-4-17(14)22-18/h1-6,9H,7-8,10-11H2,(H,22,24). The monoisotopic (exact) mass is 358 g/mol. The van der Waals surface area contributed by atoms with Gasteiger partial charge in [-0.15, -0.1) is 0 Å². The smallest absolute Gasteiger partial charge is 0.194 e. The molecule has 1 aliphatic heterocycles. The molecule has 0 radical (unpaired) electrons. The fourth-order valence-electron chi connectivity index (χ4n) is 3.31. The normalized spacial score (nSPS) is 14.8. The predicted molar refractivity (Wildman–Crippen MR) is 98.8 cm³/mol. The number of hydrogen-bond acceptors (Lipinski definition) is 2. The lowest BCUT2D eigenvalue weighted by Gasteiger charge is -2.28. The molecule has 0 saturated carbocycles. The molecule has 4 rings (SSSR count). The van der Waals surface area contributed by atoms with Crippen LogP contribution in [0, 0.1) is 0 Å². The third-order valence-corrected chi connectivity index (χ3v) is 5.15. The van der Waals surface area contributed by atoms with Crippen molar-refractivity contribution in [3.8, 4) is 0 Å². The van der Waals surface area contributed by atoms with Gasteiger partial charge < -0.3 is 4.98 Å². The number of aromatic amines is 1. The van der Waals surface area contributed by atoms with Crippen LogP contribution in [0.25, 0.3) is 10.9 Å². The lowest BCUT2D eigenvalue weighted by atomic mass is 10.0. The zero-order chi connectivity index (χ0) is 16.7. The van der Waals surface area contributed by atoms with Crippen molar-refractivity contribution in [2.24, 2.45) is 0 Å². The Balaban J connectivity index is 1.66. The van der Waals surface area contributed by atoms with E-state index in [1.165, 1.54) is 0 Å². The number of nitrogens with zero attached hydrogens (tertiary/aromatic N) is 1. The predicted octanol–water partition coefficient (Wildman–Crippen LogP) is 4.39. The van der Waals surface area contributed by atoms with Crippen LogP contribution in [0.15, 0.2) is 47.3 Å². The summed E-state index contributed by atoms with van der Waals surface area (Å²) in [6, 6.07) is 13.2. The topological polar surface area (TPSA) is 36.1 Å².